The third kappa shape index (κ3) is 3.39. The summed E-state index contributed by atoms with van der Waals surface area (Å²) in [5.74, 6) is 2.11. The molecule has 2 aromatic carbocycles. The van der Waals surface area contributed by atoms with Crippen molar-refractivity contribution in [2.75, 3.05) is 38.2 Å². The number of aromatic nitrogens is 2. The summed E-state index contributed by atoms with van der Waals surface area (Å²) in [6, 6.07) is 16.5. The fraction of sp³-hybridized carbons (Fsp3) is 0.333. The van der Waals surface area contributed by atoms with Gasteiger partial charge in [-0.05, 0) is 60.7 Å². The van der Waals surface area contributed by atoms with Gasteiger partial charge in [0.05, 0.1) is 23.7 Å². The minimum atomic E-state index is 0.733. The summed E-state index contributed by atoms with van der Waals surface area (Å²) in [6.45, 7) is 4.54. The number of para-hydroxylation sites is 2. The van der Waals surface area contributed by atoms with Gasteiger partial charge in [-0.3, -0.25) is 9.30 Å². The molecule has 1 fully saturated rings. The van der Waals surface area contributed by atoms with Gasteiger partial charge in [-0.25, -0.2) is 4.98 Å². The predicted octanol–water partition coefficient (Wildman–Crippen LogP) is 4.83. The van der Waals surface area contributed by atoms with Gasteiger partial charge in [0.15, 0.2) is 5.65 Å². The van der Waals surface area contributed by atoms with Crippen molar-refractivity contribution in [3.05, 3.63) is 69.7 Å². The minimum Gasteiger partial charge on any atom is -0.496 e. The Labute approximate surface area is 203 Å². The van der Waals surface area contributed by atoms with Crippen LogP contribution in [0.2, 0.25) is 5.02 Å². The van der Waals surface area contributed by atoms with Gasteiger partial charge in [-0.2, -0.15) is 5.26 Å². The maximum Gasteiger partial charge on any atom is 0.157 e. The number of pyridine rings is 1. The predicted molar refractivity (Wildman–Crippen MR) is 135 cm³/mol. The molecule has 2 aliphatic rings. The lowest BCUT2D eigenvalue weighted by molar-refractivity contribution is 0.245. The van der Waals surface area contributed by atoms with Crippen LogP contribution < -0.4 is 9.64 Å². The molecule has 0 saturated carbocycles. The van der Waals surface area contributed by atoms with Crippen LogP contribution in [-0.2, 0) is 19.4 Å². The number of methoxy groups -OCH3 is 1. The first-order valence-corrected chi connectivity index (χ1v) is 12.2. The highest BCUT2D eigenvalue weighted by Crippen LogP contribution is 2.38. The summed E-state index contributed by atoms with van der Waals surface area (Å²) in [7, 11) is 1.71. The molecule has 6 nitrogen and oxygen atoms in total. The highest BCUT2D eigenvalue weighted by molar-refractivity contribution is 6.30. The first-order valence-electron chi connectivity index (χ1n) is 11.8. The van der Waals surface area contributed by atoms with Gasteiger partial charge in [0.2, 0.25) is 0 Å². The quantitative estimate of drug-likeness (QED) is 0.426. The van der Waals surface area contributed by atoms with Gasteiger partial charge in [-0.1, -0.05) is 23.7 Å². The number of nitrogens with zero attached hydrogens (tertiary/aromatic N) is 5. The number of benzene rings is 2. The first kappa shape index (κ1) is 21.3. The Morgan fingerprint density at radius 2 is 1.85 bits per heavy atom. The average Bonchev–Trinajstić information content (AvgIpc) is 3.48. The summed E-state index contributed by atoms with van der Waals surface area (Å²) in [5, 5.41) is 10.8. The summed E-state index contributed by atoms with van der Waals surface area (Å²) in [6.07, 6.45) is 3.07. The molecule has 1 saturated heterocycles. The molecule has 0 radical (unpaired) electrons. The number of piperazine rings is 1. The molecule has 0 N–H and O–H groups in total. The van der Waals surface area contributed by atoms with Crippen LogP contribution in [-0.4, -0.2) is 47.6 Å². The van der Waals surface area contributed by atoms with Gasteiger partial charge in [0.25, 0.3) is 0 Å². The summed E-state index contributed by atoms with van der Waals surface area (Å²) >= 11 is 6.25. The van der Waals surface area contributed by atoms with Crippen LogP contribution in [0.1, 0.15) is 28.7 Å². The van der Waals surface area contributed by atoms with Crippen molar-refractivity contribution >= 4 is 34.1 Å². The molecule has 6 rings (SSSR count). The van der Waals surface area contributed by atoms with Crippen LogP contribution in [0, 0.1) is 11.3 Å². The lowest BCUT2D eigenvalue weighted by Gasteiger charge is -2.37. The highest BCUT2D eigenvalue weighted by Gasteiger charge is 2.30. The van der Waals surface area contributed by atoms with E-state index in [4.69, 9.17) is 21.3 Å². The molecule has 0 bridgehead atoms. The van der Waals surface area contributed by atoms with E-state index in [1.165, 1.54) is 16.9 Å². The third-order valence-electron chi connectivity index (χ3n) is 7.21. The highest BCUT2D eigenvalue weighted by atomic mass is 35.5. The first-order chi connectivity index (χ1) is 16.7. The molecule has 0 atom stereocenters. The molecule has 2 aromatic heterocycles. The molecular formula is C27H26ClN5O. The van der Waals surface area contributed by atoms with E-state index in [0.29, 0.717) is 0 Å². The molecule has 1 aliphatic heterocycles. The lowest BCUT2D eigenvalue weighted by Crippen LogP contribution is -2.47. The Morgan fingerprint density at radius 1 is 1.06 bits per heavy atom. The van der Waals surface area contributed by atoms with Crippen LogP contribution in [0.25, 0.3) is 16.7 Å². The molecule has 4 aromatic rings. The number of anilines is 1. The van der Waals surface area contributed by atoms with Crippen LogP contribution in [0.3, 0.4) is 0 Å². The van der Waals surface area contributed by atoms with Gasteiger partial charge in [0.1, 0.15) is 17.6 Å². The lowest BCUT2D eigenvalue weighted by atomic mass is 10.0. The zero-order valence-electron chi connectivity index (χ0n) is 19.2. The summed E-state index contributed by atoms with van der Waals surface area (Å²) in [5.41, 5.74) is 7.21. The van der Waals surface area contributed by atoms with Crippen LogP contribution >= 0.6 is 11.6 Å². The summed E-state index contributed by atoms with van der Waals surface area (Å²) < 4.78 is 7.80. The van der Waals surface area contributed by atoms with E-state index in [9.17, 15) is 5.26 Å². The topological polar surface area (TPSA) is 56.8 Å². The number of nitriles is 1. The Hall–Kier alpha value is -3.27. The van der Waals surface area contributed by atoms with E-state index in [-0.39, 0.29) is 0 Å². The van der Waals surface area contributed by atoms with E-state index >= 15 is 0 Å². The Balaban J connectivity index is 1.36. The van der Waals surface area contributed by atoms with E-state index in [1.54, 1.807) is 7.11 Å². The second-order valence-corrected chi connectivity index (χ2v) is 9.54. The van der Waals surface area contributed by atoms with Crippen LogP contribution in [0.15, 0.2) is 42.5 Å². The number of rotatable bonds is 4. The van der Waals surface area contributed by atoms with Crippen molar-refractivity contribution in [2.24, 2.45) is 0 Å². The summed E-state index contributed by atoms with van der Waals surface area (Å²) in [4.78, 5) is 9.85. The fourth-order valence-corrected chi connectivity index (χ4v) is 5.82. The molecule has 3 heterocycles. The minimum absolute atomic E-state index is 0.733. The molecule has 0 amide bonds. The molecule has 0 spiro atoms. The van der Waals surface area contributed by atoms with Gasteiger partial charge in [-0.15, -0.1) is 0 Å². The van der Waals surface area contributed by atoms with Crippen molar-refractivity contribution in [2.45, 2.75) is 25.8 Å². The smallest absolute Gasteiger partial charge is 0.157 e. The Morgan fingerprint density at radius 3 is 2.65 bits per heavy atom. The number of ether oxygens (including phenoxy) is 1. The standard InChI is InChI=1S/C27H26ClN5O/c1-34-25-10-9-19(28)15-18(25)17-31-11-13-32(14-12-31)27-21-6-4-5-20(21)22(16-29)26-30-23-7-2-3-8-24(23)33(26)27/h2-3,7-10,15H,4-6,11-14,17H2,1H3. The van der Waals surface area contributed by atoms with Crippen molar-refractivity contribution in [1.82, 2.24) is 14.3 Å². The SMILES string of the molecule is COc1ccc(Cl)cc1CN1CCN(c2c3c(c(C#N)c4nc5ccccc5n24)CCC3)CC1. The van der Waals surface area contributed by atoms with Crippen molar-refractivity contribution in [1.29, 1.82) is 5.26 Å². The maximum atomic E-state index is 10.0. The van der Waals surface area contributed by atoms with E-state index in [1.807, 2.05) is 30.3 Å². The van der Waals surface area contributed by atoms with E-state index in [2.05, 4.69) is 32.4 Å². The number of halogens is 1. The van der Waals surface area contributed by atoms with Crippen LogP contribution in [0.5, 0.6) is 5.75 Å². The maximum absolute atomic E-state index is 10.0. The molecule has 0 unspecified atom stereocenters. The third-order valence-corrected chi connectivity index (χ3v) is 7.44. The molecule has 7 heteroatoms. The molecule has 1 aliphatic carbocycles. The van der Waals surface area contributed by atoms with Crippen LogP contribution in [0.4, 0.5) is 5.82 Å². The number of hydrogen-bond donors (Lipinski definition) is 0. The van der Waals surface area contributed by atoms with E-state index in [0.717, 1.165) is 90.6 Å². The Kier molecular flexibility index (Phi) is 5.32. The second-order valence-electron chi connectivity index (χ2n) is 9.10. The molecular weight excluding hydrogens is 446 g/mol. The Bertz CT molecular complexity index is 1450. The molecule has 34 heavy (non-hydrogen) atoms. The zero-order valence-corrected chi connectivity index (χ0v) is 20.0. The van der Waals surface area contributed by atoms with Crippen molar-refractivity contribution < 1.29 is 4.74 Å². The monoisotopic (exact) mass is 471 g/mol. The van der Waals surface area contributed by atoms with Gasteiger partial charge in [0, 0.05) is 43.3 Å². The fourth-order valence-electron chi connectivity index (χ4n) is 5.62. The van der Waals surface area contributed by atoms with Crippen molar-refractivity contribution in [3.8, 4) is 11.8 Å². The van der Waals surface area contributed by atoms with Gasteiger partial charge >= 0.3 is 0 Å². The van der Waals surface area contributed by atoms with Gasteiger partial charge < -0.3 is 9.64 Å². The number of hydrogen-bond acceptors (Lipinski definition) is 5. The van der Waals surface area contributed by atoms with E-state index < -0.39 is 0 Å². The molecule has 172 valence electrons. The zero-order chi connectivity index (χ0) is 23.2. The average molecular weight is 472 g/mol. The van der Waals surface area contributed by atoms with Crippen molar-refractivity contribution in [3.63, 3.8) is 0 Å². The number of imidazole rings is 1. The number of fused-ring (bicyclic) bond motifs is 4. The normalized spacial score (nSPS) is 16.2. The second kappa shape index (κ2) is 8.50. The largest absolute Gasteiger partial charge is 0.496 e.